The standard InChI is InChI=1S/C22H18ClN5O2/c1-13-5-3-4-6-18(13)27-20-19(10-16(12-26-20)21(29)25-2)28-22(30)14-7-8-17(23)15(9-14)11-24/h3-10,12H,1-2H3,(H,25,29)(H,26,27)(H,28,30). The monoisotopic (exact) mass is 419 g/mol. The Morgan fingerprint density at radius 1 is 1.03 bits per heavy atom. The molecule has 3 N–H and O–H groups in total. The van der Waals surface area contributed by atoms with Crippen LogP contribution in [0.4, 0.5) is 17.2 Å². The number of halogens is 1. The smallest absolute Gasteiger partial charge is 0.255 e. The summed E-state index contributed by atoms with van der Waals surface area (Å²) in [7, 11) is 1.51. The molecular formula is C22H18ClN5O2. The molecule has 0 spiro atoms. The molecule has 0 saturated heterocycles. The molecule has 0 radical (unpaired) electrons. The number of benzene rings is 2. The molecular weight excluding hydrogens is 402 g/mol. The van der Waals surface area contributed by atoms with Gasteiger partial charge in [-0.3, -0.25) is 9.59 Å². The molecule has 150 valence electrons. The van der Waals surface area contributed by atoms with Gasteiger partial charge in [0.15, 0.2) is 5.82 Å². The summed E-state index contributed by atoms with van der Waals surface area (Å²) in [6.45, 7) is 1.94. The first-order valence-electron chi connectivity index (χ1n) is 8.98. The molecule has 0 bridgehead atoms. The van der Waals surface area contributed by atoms with E-state index in [-0.39, 0.29) is 27.6 Å². The van der Waals surface area contributed by atoms with Crippen molar-refractivity contribution in [3.63, 3.8) is 0 Å². The zero-order chi connectivity index (χ0) is 21.7. The summed E-state index contributed by atoms with van der Waals surface area (Å²) in [5.41, 5.74) is 2.85. The highest BCUT2D eigenvalue weighted by Crippen LogP contribution is 2.27. The van der Waals surface area contributed by atoms with E-state index in [0.29, 0.717) is 11.5 Å². The maximum atomic E-state index is 12.8. The number of nitriles is 1. The molecule has 0 aliphatic rings. The molecule has 30 heavy (non-hydrogen) atoms. The van der Waals surface area contributed by atoms with Crippen molar-refractivity contribution in [2.45, 2.75) is 6.92 Å². The third-order valence-electron chi connectivity index (χ3n) is 4.37. The van der Waals surface area contributed by atoms with Gasteiger partial charge in [-0.2, -0.15) is 5.26 Å². The van der Waals surface area contributed by atoms with Gasteiger partial charge in [0.25, 0.3) is 11.8 Å². The highest BCUT2D eigenvalue weighted by atomic mass is 35.5. The lowest BCUT2D eigenvalue weighted by Gasteiger charge is -2.15. The van der Waals surface area contributed by atoms with Crippen LogP contribution in [0.3, 0.4) is 0 Å². The van der Waals surface area contributed by atoms with Gasteiger partial charge in [0.05, 0.1) is 21.8 Å². The predicted molar refractivity (Wildman–Crippen MR) is 116 cm³/mol. The molecule has 0 aliphatic carbocycles. The number of aryl methyl sites for hydroxylation is 1. The first-order valence-corrected chi connectivity index (χ1v) is 9.36. The van der Waals surface area contributed by atoms with E-state index in [2.05, 4.69) is 20.9 Å². The number of carbonyl (C=O) groups is 2. The molecule has 2 aromatic carbocycles. The number of aromatic nitrogens is 1. The average molecular weight is 420 g/mol. The summed E-state index contributed by atoms with van der Waals surface area (Å²) in [6.07, 6.45) is 1.42. The maximum Gasteiger partial charge on any atom is 0.255 e. The third kappa shape index (κ3) is 4.57. The van der Waals surface area contributed by atoms with Crippen molar-refractivity contribution in [2.75, 3.05) is 17.7 Å². The SMILES string of the molecule is CNC(=O)c1cnc(Nc2ccccc2C)c(NC(=O)c2ccc(Cl)c(C#N)c2)c1. The zero-order valence-electron chi connectivity index (χ0n) is 16.3. The van der Waals surface area contributed by atoms with Gasteiger partial charge in [0.1, 0.15) is 6.07 Å². The van der Waals surface area contributed by atoms with Gasteiger partial charge < -0.3 is 16.0 Å². The molecule has 0 fully saturated rings. The van der Waals surface area contributed by atoms with Crippen molar-refractivity contribution in [3.8, 4) is 6.07 Å². The Morgan fingerprint density at radius 2 is 1.80 bits per heavy atom. The molecule has 2 amide bonds. The minimum Gasteiger partial charge on any atom is -0.355 e. The van der Waals surface area contributed by atoms with Crippen LogP contribution in [-0.4, -0.2) is 23.8 Å². The number of carbonyl (C=O) groups excluding carboxylic acids is 2. The van der Waals surface area contributed by atoms with Crippen LogP contribution in [0.2, 0.25) is 5.02 Å². The number of nitrogens with zero attached hydrogens (tertiary/aromatic N) is 2. The molecule has 0 aliphatic heterocycles. The highest BCUT2D eigenvalue weighted by Gasteiger charge is 2.15. The van der Waals surface area contributed by atoms with Crippen molar-refractivity contribution in [3.05, 3.63) is 82.0 Å². The van der Waals surface area contributed by atoms with Crippen molar-refractivity contribution >= 4 is 40.6 Å². The fraction of sp³-hybridized carbons (Fsp3) is 0.0909. The van der Waals surface area contributed by atoms with Crippen LogP contribution in [0.5, 0.6) is 0 Å². The Balaban J connectivity index is 1.98. The van der Waals surface area contributed by atoms with Gasteiger partial charge in [0.2, 0.25) is 0 Å². The predicted octanol–water partition coefficient (Wildman–Crippen LogP) is 4.27. The molecule has 0 atom stereocenters. The van der Waals surface area contributed by atoms with Crippen molar-refractivity contribution in [1.82, 2.24) is 10.3 Å². The zero-order valence-corrected chi connectivity index (χ0v) is 17.0. The lowest BCUT2D eigenvalue weighted by atomic mass is 10.1. The van der Waals surface area contributed by atoms with Crippen molar-refractivity contribution < 1.29 is 9.59 Å². The normalized spacial score (nSPS) is 10.1. The van der Waals surface area contributed by atoms with Crippen LogP contribution in [0.1, 0.15) is 31.8 Å². The molecule has 0 unspecified atom stereocenters. The number of amides is 2. The minimum atomic E-state index is -0.466. The Kier molecular flexibility index (Phi) is 6.30. The Hall–Kier alpha value is -3.89. The lowest BCUT2D eigenvalue weighted by Crippen LogP contribution is -2.20. The lowest BCUT2D eigenvalue weighted by molar-refractivity contribution is 0.0961. The molecule has 3 aromatic rings. The summed E-state index contributed by atoms with van der Waals surface area (Å²) in [5.74, 6) is -0.426. The molecule has 1 aromatic heterocycles. The van der Waals surface area contributed by atoms with Crippen LogP contribution in [0, 0.1) is 18.3 Å². The van der Waals surface area contributed by atoms with E-state index in [1.54, 1.807) is 0 Å². The second kappa shape index (κ2) is 9.07. The van der Waals surface area contributed by atoms with Gasteiger partial charge in [-0.05, 0) is 42.8 Å². The molecule has 8 heteroatoms. The van der Waals surface area contributed by atoms with Crippen LogP contribution >= 0.6 is 11.6 Å². The fourth-order valence-electron chi connectivity index (χ4n) is 2.72. The van der Waals surface area contributed by atoms with Gasteiger partial charge in [-0.1, -0.05) is 29.8 Å². The number of hydrogen-bond acceptors (Lipinski definition) is 5. The highest BCUT2D eigenvalue weighted by molar-refractivity contribution is 6.31. The van der Waals surface area contributed by atoms with Gasteiger partial charge in [-0.15, -0.1) is 0 Å². The summed E-state index contributed by atoms with van der Waals surface area (Å²) >= 11 is 5.94. The first kappa shape index (κ1) is 20.8. The second-order valence-electron chi connectivity index (χ2n) is 6.40. The number of rotatable bonds is 5. The van der Waals surface area contributed by atoms with Crippen molar-refractivity contribution in [1.29, 1.82) is 5.26 Å². The van der Waals surface area contributed by atoms with E-state index < -0.39 is 5.91 Å². The average Bonchev–Trinajstić information content (AvgIpc) is 2.76. The summed E-state index contributed by atoms with van der Waals surface area (Å²) < 4.78 is 0. The van der Waals surface area contributed by atoms with Crippen LogP contribution in [0.15, 0.2) is 54.7 Å². The van der Waals surface area contributed by atoms with Gasteiger partial charge >= 0.3 is 0 Å². The Morgan fingerprint density at radius 3 is 2.50 bits per heavy atom. The largest absolute Gasteiger partial charge is 0.355 e. The van der Waals surface area contributed by atoms with E-state index in [9.17, 15) is 9.59 Å². The fourth-order valence-corrected chi connectivity index (χ4v) is 2.88. The van der Waals surface area contributed by atoms with Crippen LogP contribution < -0.4 is 16.0 Å². The molecule has 3 rings (SSSR count). The summed E-state index contributed by atoms with van der Waals surface area (Å²) in [5, 5.41) is 17.9. The van der Waals surface area contributed by atoms with Crippen LogP contribution in [-0.2, 0) is 0 Å². The molecule has 7 nitrogen and oxygen atoms in total. The Labute approximate surface area is 178 Å². The number of para-hydroxylation sites is 1. The van der Waals surface area contributed by atoms with E-state index in [1.807, 2.05) is 37.3 Å². The third-order valence-corrected chi connectivity index (χ3v) is 4.70. The maximum absolute atomic E-state index is 12.8. The summed E-state index contributed by atoms with van der Waals surface area (Å²) in [6, 6.07) is 15.5. The molecule has 0 saturated carbocycles. The number of nitrogens with one attached hydrogen (secondary N) is 3. The second-order valence-corrected chi connectivity index (χ2v) is 6.81. The Bertz CT molecular complexity index is 1170. The van der Waals surface area contributed by atoms with E-state index in [4.69, 9.17) is 16.9 Å². The quantitative estimate of drug-likeness (QED) is 0.572. The number of hydrogen-bond donors (Lipinski definition) is 3. The van der Waals surface area contributed by atoms with E-state index in [0.717, 1.165) is 11.3 Å². The first-order chi connectivity index (χ1) is 14.4. The topological polar surface area (TPSA) is 107 Å². The summed E-state index contributed by atoms with van der Waals surface area (Å²) in [4.78, 5) is 29.1. The van der Waals surface area contributed by atoms with Gasteiger partial charge in [0, 0.05) is 24.5 Å². The van der Waals surface area contributed by atoms with E-state index >= 15 is 0 Å². The van der Waals surface area contributed by atoms with Crippen LogP contribution in [0.25, 0.3) is 0 Å². The molecule has 1 heterocycles. The minimum absolute atomic E-state index is 0.194. The van der Waals surface area contributed by atoms with Gasteiger partial charge in [-0.25, -0.2) is 4.98 Å². The number of anilines is 3. The number of pyridine rings is 1. The van der Waals surface area contributed by atoms with Crippen molar-refractivity contribution in [2.24, 2.45) is 0 Å². The van der Waals surface area contributed by atoms with E-state index in [1.165, 1.54) is 37.5 Å².